The van der Waals surface area contributed by atoms with Crippen molar-refractivity contribution in [2.45, 2.75) is 92.2 Å². The minimum Gasteiger partial charge on any atom is -0.489 e. The van der Waals surface area contributed by atoms with Crippen LogP contribution in [0.25, 0.3) is 6.08 Å². The Bertz CT molecular complexity index is 1450. The largest absolute Gasteiger partial charge is 0.489 e. The van der Waals surface area contributed by atoms with E-state index in [1.807, 2.05) is 49.4 Å². The van der Waals surface area contributed by atoms with E-state index in [1.165, 1.54) is 11.3 Å². The normalized spacial score (nSPS) is 15.2. The molecule has 0 bridgehead atoms. The number of carbonyl (C=O) groups is 2. The lowest BCUT2D eigenvalue weighted by atomic mass is 9.88. The van der Waals surface area contributed by atoms with Crippen LogP contribution in [0.15, 0.2) is 71.8 Å². The highest BCUT2D eigenvalue weighted by Crippen LogP contribution is 2.32. The highest BCUT2D eigenvalue weighted by atomic mass is 32.1. The fourth-order valence-corrected chi connectivity index (χ4v) is 6.92. The van der Waals surface area contributed by atoms with Crippen molar-refractivity contribution in [2.24, 2.45) is 11.8 Å². The molecule has 0 spiro atoms. The number of allylic oxidation sites excluding steroid dienone is 2. The average molecular weight is 629 g/mol. The van der Waals surface area contributed by atoms with Gasteiger partial charge in [0.25, 0.3) is 0 Å². The average Bonchev–Trinajstić information content (AvgIpc) is 3.42. The second-order valence-corrected chi connectivity index (χ2v) is 13.5. The van der Waals surface area contributed by atoms with Gasteiger partial charge in [-0.1, -0.05) is 75.6 Å². The van der Waals surface area contributed by atoms with E-state index in [2.05, 4.69) is 43.4 Å². The molecule has 1 saturated carbocycles. The molecule has 7 heteroatoms. The maximum Gasteiger partial charge on any atom is 0.333 e. The Morgan fingerprint density at radius 3 is 2.36 bits per heavy atom. The molecule has 0 aliphatic heterocycles. The highest BCUT2D eigenvalue weighted by molar-refractivity contribution is 7.11. The van der Waals surface area contributed by atoms with Gasteiger partial charge in [0.1, 0.15) is 17.4 Å². The molecule has 45 heavy (non-hydrogen) atoms. The Balaban J connectivity index is 1.59. The number of ether oxygens (including phenoxy) is 2. The minimum atomic E-state index is -0.311. The third-order valence-corrected chi connectivity index (χ3v) is 9.15. The first kappa shape index (κ1) is 34.2. The van der Waals surface area contributed by atoms with Crippen molar-refractivity contribution in [1.82, 2.24) is 10.3 Å². The molecule has 1 heterocycles. The molecule has 4 rings (SSSR count). The molecule has 1 atom stereocenters. The first-order chi connectivity index (χ1) is 21.7. The molecule has 1 aliphatic carbocycles. The van der Waals surface area contributed by atoms with Crippen molar-refractivity contribution in [1.29, 1.82) is 0 Å². The van der Waals surface area contributed by atoms with Crippen molar-refractivity contribution >= 4 is 29.3 Å². The number of nitrogens with one attached hydrogen (secondary N) is 1. The monoisotopic (exact) mass is 628 g/mol. The van der Waals surface area contributed by atoms with Crippen LogP contribution in [0, 0.1) is 11.8 Å². The van der Waals surface area contributed by atoms with E-state index in [4.69, 9.17) is 14.5 Å². The predicted molar refractivity (Wildman–Crippen MR) is 183 cm³/mol. The summed E-state index contributed by atoms with van der Waals surface area (Å²) in [5.41, 5.74) is 4.62. The summed E-state index contributed by atoms with van der Waals surface area (Å²) in [4.78, 5) is 32.0. The van der Waals surface area contributed by atoms with Gasteiger partial charge in [0.05, 0.1) is 18.3 Å². The molecule has 1 fully saturated rings. The molecule has 0 radical (unpaired) electrons. The summed E-state index contributed by atoms with van der Waals surface area (Å²) in [5.74, 6) is 1.13. The first-order valence-corrected chi connectivity index (χ1v) is 17.1. The second-order valence-electron chi connectivity index (χ2n) is 12.4. The van der Waals surface area contributed by atoms with Crippen LogP contribution >= 0.6 is 11.3 Å². The van der Waals surface area contributed by atoms with Crippen LogP contribution in [0.3, 0.4) is 0 Å². The van der Waals surface area contributed by atoms with Crippen LogP contribution in [-0.2, 0) is 33.8 Å². The van der Waals surface area contributed by atoms with Gasteiger partial charge >= 0.3 is 5.97 Å². The highest BCUT2D eigenvalue weighted by Gasteiger charge is 2.27. The maximum absolute atomic E-state index is 13.5. The summed E-state index contributed by atoms with van der Waals surface area (Å²) in [5, 5.41) is 4.31. The number of aromatic nitrogens is 1. The molecular formula is C38H48N2O4S. The molecule has 0 unspecified atom stereocenters. The van der Waals surface area contributed by atoms with Crippen molar-refractivity contribution in [3.63, 3.8) is 0 Å². The number of hydrogen-bond acceptors (Lipinski definition) is 6. The third-order valence-electron chi connectivity index (χ3n) is 7.95. The Morgan fingerprint density at radius 2 is 1.69 bits per heavy atom. The van der Waals surface area contributed by atoms with Crippen LogP contribution < -0.4 is 10.1 Å². The van der Waals surface area contributed by atoms with Gasteiger partial charge in [0.2, 0.25) is 5.91 Å². The summed E-state index contributed by atoms with van der Waals surface area (Å²) in [7, 11) is 0. The molecule has 6 nitrogen and oxygen atoms in total. The standard InChI is InChI=1S/C38H48N2O4S/c1-6-43-38(42)28(5)22-27(4)23-33-35(21-26(2)3)45-37(40-33)34(39-36(41)31-15-11-8-12-16-31)24-29-17-19-32(20-18-29)44-25-30-13-9-7-10-14-30/h7,9-10,13-14,17-20,22-23,26,31,34H,6,8,11-12,15-16,21,24-25H2,1-5H3,(H,39,41)/b27-23+,28-22-/t34-/m0/s1. The molecule has 3 aromatic rings. The van der Waals surface area contributed by atoms with E-state index in [1.54, 1.807) is 25.2 Å². The quantitative estimate of drug-likeness (QED) is 0.110. The maximum atomic E-state index is 13.5. The molecule has 1 aromatic heterocycles. The molecule has 240 valence electrons. The van der Waals surface area contributed by atoms with E-state index < -0.39 is 0 Å². The van der Waals surface area contributed by atoms with Gasteiger partial charge < -0.3 is 14.8 Å². The Labute approximate surface area is 273 Å². The summed E-state index contributed by atoms with van der Waals surface area (Å²) < 4.78 is 11.2. The topological polar surface area (TPSA) is 77.5 Å². The lowest BCUT2D eigenvalue weighted by Crippen LogP contribution is -2.35. The summed E-state index contributed by atoms with van der Waals surface area (Å²) in [6, 6.07) is 18.0. The van der Waals surface area contributed by atoms with Gasteiger partial charge in [0, 0.05) is 16.4 Å². The zero-order chi connectivity index (χ0) is 32.2. The lowest BCUT2D eigenvalue weighted by molar-refractivity contribution is -0.138. The third kappa shape index (κ3) is 10.7. The van der Waals surface area contributed by atoms with E-state index in [0.29, 0.717) is 31.1 Å². The molecule has 1 amide bonds. The van der Waals surface area contributed by atoms with Crippen molar-refractivity contribution in [2.75, 3.05) is 6.61 Å². The fourth-order valence-electron chi connectivity index (χ4n) is 5.62. The number of esters is 1. The number of amides is 1. The number of rotatable bonds is 14. The number of thiazole rings is 1. The van der Waals surface area contributed by atoms with Crippen molar-refractivity contribution in [3.05, 3.63) is 98.5 Å². The zero-order valence-corrected chi connectivity index (χ0v) is 28.3. The molecule has 2 aromatic carbocycles. The molecule has 0 saturated heterocycles. The molecular weight excluding hydrogens is 580 g/mol. The van der Waals surface area contributed by atoms with Crippen molar-refractivity contribution in [3.8, 4) is 5.75 Å². The lowest BCUT2D eigenvalue weighted by Gasteiger charge is -2.24. The van der Waals surface area contributed by atoms with Gasteiger partial charge in [-0.3, -0.25) is 4.79 Å². The van der Waals surface area contributed by atoms with Gasteiger partial charge in [0.15, 0.2) is 0 Å². The van der Waals surface area contributed by atoms with Crippen molar-refractivity contribution < 1.29 is 19.1 Å². The first-order valence-electron chi connectivity index (χ1n) is 16.3. The van der Waals surface area contributed by atoms with E-state index in [-0.39, 0.29) is 23.8 Å². The summed E-state index contributed by atoms with van der Waals surface area (Å²) >= 11 is 1.68. The number of carbonyl (C=O) groups excluding carboxylic acids is 2. The summed E-state index contributed by atoms with van der Waals surface area (Å²) in [6.45, 7) is 10.8. The van der Waals surface area contributed by atoms with E-state index in [0.717, 1.165) is 65.3 Å². The predicted octanol–water partition coefficient (Wildman–Crippen LogP) is 8.81. The number of hydrogen-bond donors (Lipinski definition) is 1. The van der Waals surface area contributed by atoms with Crippen LogP contribution in [0.2, 0.25) is 0 Å². The van der Waals surface area contributed by atoms with Crippen LogP contribution in [0.4, 0.5) is 0 Å². The summed E-state index contributed by atoms with van der Waals surface area (Å²) in [6.07, 6.45) is 10.7. The van der Waals surface area contributed by atoms with Gasteiger partial charge in [-0.25, -0.2) is 9.78 Å². The number of benzene rings is 2. The van der Waals surface area contributed by atoms with Gasteiger partial charge in [-0.15, -0.1) is 11.3 Å². The van der Waals surface area contributed by atoms with Crippen LogP contribution in [-0.4, -0.2) is 23.5 Å². The van der Waals surface area contributed by atoms with Crippen LogP contribution in [0.5, 0.6) is 5.75 Å². The zero-order valence-electron chi connectivity index (χ0n) is 27.4. The Kier molecular flexibility index (Phi) is 13.0. The van der Waals surface area contributed by atoms with Gasteiger partial charge in [-0.2, -0.15) is 0 Å². The second kappa shape index (κ2) is 17.1. The molecule has 1 N–H and O–H groups in total. The Hall–Kier alpha value is -3.71. The fraction of sp³-hybridized carbons (Fsp3) is 0.447. The molecule has 1 aliphatic rings. The smallest absolute Gasteiger partial charge is 0.333 e. The van der Waals surface area contributed by atoms with E-state index in [9.17, 15) is 9.59 Å². The van der Waals surface area contributed by atoms with Crippen LogP contribution in [0.1, 0.15) is 99.5 Å². The number of nitrogens with zero attached hydrogens (tertiary/aromatic N) is 1. The Morgan fingerprint density at radius 1 is 0.978 bits per heavy atom. The minimum absolute atomic E-state index is 0.0581. The van der Waals surface area contributed by atoms with E-state index >= 15 is 0 Å². The SMILES string of the molecule is CCOC(=O)/C(C)=C\C(C)=C\c1nc([C@H](Cc2ccc(OCc3ccccc3)cc2)NC(=O)C2CCCCC2)sc1CC(C)C. The van der Waals surface area contributed by atoms with Gasteiger partial charge in [-0.05, 0) is 93.4 Å².